The number of nitrogens with zero attached hydrogens (tertiary/aromatic N) is 3. The van der Waals surface area contributed by atoms with Gasteiger partial charge >= 0.3 is 0 Å². The Kier molecular flexibility index (Phi) is 2.62. The zero-order valence-corrected chi connectivity index (χ0v) is 7.54. The highest BCUT2D eigenvalue weighted by atomic mass is 15.1. The van der Waals surface area contributed by atoms with Crippen LogP contribution in [0.3, 0.4) is 0 Å². The van der Waals surface area contributed by atoms with Crippen molar-refractivity contribution in [2.75, 3.05) is 0 Å². The first-order valence-corrected chi connectivity index (χ1v) is 4.30. The van der Waals surface area contributed by atoms with Gasteiger partial charge in [-0.05, 0) is 23.3 Å². The minimum atomic E-state index is 1.03. The van der Waals surface area contributed by atoms with Crippen molar-refractivity contribution in [3.63, 3.8) is 0 Å². The molecule has 0 unspecified atom stereocenters. The van der Waals surface area contributed by atoms with Gasteiger partial charge in [-0.15, -0.1) is 0 Å². The van der Waals surface area contributed by atoms with Crippen LogP contribution in [0.2, 0.25) is 0 Å². The zero-order valence-electron chi connectivity index (χ0n) is 7.54. The maximum Gasteiger partial charge on any atom is 0.0568 e. The van der Waals surface area contributed by atoms with Crippen molar-refractivity contribution in [3.05, 3.63) is 54.1 Å². The lowest BCUT2D eigenvalue weighted by atomic mass is 10.2. The van der Waals surface area contributed by atoms with Gasteiger partial charge in [-0.1, -0.05) is 18.2 Å². The molecular formula is C11H9N3. The minimum Gasteiger partial charge on any atom is -0.264 e. The van der Waals surface area contributed by atoms with Gasteiger partial charge in [0.25, 0.3) is 0 Å². The Labute approximate surface area is 82.2 Å². The molecule has 0 aromatic carbocycles. The molecule has 0 saturated carbocycles. The van der Waals surface area contributed by atoms with Crippen LogP contribution in [0.15, 0.2) is 43.0 Å². The van der Waals surface area contributed by atoms with Gasteiger partial charge < -0.3 is 0 Å². The number of rotatable bonds is 2. The van der Waals surface area contributed by atoms with Gasteiger partial charge in [-0.25, -0.2) is 0 Å². The molecule has 68 valence electrons. The van der Waals surface area contributed by atoms with Crippen molar-refractivity contribution >= 4 is 12.2 Å². The molecule has 0 saturated heterocycles. The molecule has 2 aromatic heterocycles. The van der Waals surface area contributed by atoms with Crippen molar-refractivity contribution in [2.45, 2.75) is 0 Å². The number of pyridine rings is 1. The summed E-state index contributed by atoms with van der Waals surface area (Å²) in [5.74, 6) is 0. The second kappa shape index (κ2) is 4.28. The molecule has 0 radical (unpaired) electrons. The SMILES string of the molecule is C(=C\c1ccnnc1)/c1cccnc1. The van der Waals surface area contributed by atoms with Gasteiger partial charge in [0, 0.05) is 12.4 Å². The Morgan fingerprint density at radius 3 is 2.36 bits per heavy atom. The van der Waals surface area contributed by atoms with Crippen LogP contribution in [0.1, 0.15) is 11.1 Å². The minimum absolute atomic E-state index is 1.03. The van der Waals surface area contributed by atoms with Crippen LogP contribution in [0.5, 0.6) is 0 Å². The van der Waals surface area contributed by atoms with E-state index in [2.05, 4.69) is 15.2 Å². The molecule has 0 atom stereocenters. The van der Waals surface area contributed by atoms with Crippen LogP contribution < -0.4 is 0 Å². The molecule has 0 aliphatic carbocycles. The van der Waals surface area contributed by atoms with Gasteiger partial charge in [0.15, 0.2) is 0 Å². The third-order valence-corrected chi connectivity index (χ3v) is 1.76. The highest BCUT2D eigenvalue weighted by Gasteiger charge is 1.86. The van der Waals surface area contributed by atoms with E-state index in [0.717, 1.165) is 11.1 Å². The van der Waals surface area contributed by atoms with Gasteiger partial charge in [0.2, 0.25) is 0 Å². The summed E-state index contributed by atoms with van der Waals surface area (Å²) in [6, 6.07) is 5.81. The van der Waals surface area contributed by atoms with Crippen LogP contribution in [0.25, 0.3) is 12.2 Å². The predicted molar refractivity (Wildman–Crippen MR) is 55.2 cm³/mol. The molecule has 0 aliphatic heterocycles. The van der Waals surface area contributed by atoms with E-state index in [1.54, 1.807) is 18.6 Å². The summed E-state index contributed by atoms with van der Waals surface area (Å²) in [6.07, 6.45) is 10.9. The largest absolute Gasteiger partial charge is 0.264 e. The highest BCUT2D eigenvalue weighted by molar-refractivity contribution is 5.68. The van der Waals surface area contributed by atoms with Crippen LogP contribution in [-0.2, 0) is 0 Å². The Balaban J connectivity index is 2.16. The molecule has 14 heavy (non-hydrogen) atoms. The molecule has 0 aliphatic rings. The monoisotopic (exact) mass is 183 g/mol. The zero-order chi connectivity index (χ0) is 9.64. The van der Waals surface area contributed by atoms with Crippen LogP contribution in [0, 0.1) is 0 Å². The Morgan fingerprint density at radius 1 is 0.857 bits per heavy atom. The van der Waals surface area contributed by atoms with Crippen LogP contribution in [0.4, 0.5) is 0 Å². The topological polar surface area (TPSA) is 38.7 Å². The lowest BCUT2D eigenvalue weighted by molar-refractivity contribution is 1.03. The lowest BCUT2D eigenvalue weighted by Crippen LogP contribution is -1.79. The Hall–Kier alpha value is -2.03. The third kappa shape index (κ3) is 2.23. The van der Waals surface area contributed by atoms with E-state index in [4.69, 9.17) is 0 Å². The average Bonchev–Trinajstić information content (AvgIpc) is 2.29. The van der Waals surface area contributed by atoms with Crippen molar-refractivity contribution in [1.82, 2.24) is 15.2 Å². The van der Waals surface area contributed by atoms with E-state index in [1.807, 2.05) is 36.5 Å². The van der Waals surface area contributed by atoms with Gasteiger partial charge in [-0.2, -0.15) is 10.2 Å². The first-order valence-electron chi connectivity index (χ1n) is 4.30. The second-order valence-electron chi connectivity index (χ2n) is 2.80. The van der Waals surface area contributed by atoms with Gasteiger partial charge in [0.1, 0.15) is 0 Å². The molecule has 2 heterocycles. The van der Waals surface area contributed by atoms with E-state index < -0.39 is 0 Å². The molecule has 2 aromatic rings. The van der Waals surface area contributed by atoms with Gasteiger partial charge in [-0.3, -0.25) is 4.98 Å². The Bertz CT molecular complexity index is 368. The molecule has 3 nitrogen and oxygen atoms in total. The average molecular weight is 183 g/mol. The molecule has 0 N–H and O–H groups in total. The molecule has 0 bridgehead atoms. The summed E-state index contributed by atoms with van der Waals surface area (Å²) >= 11 is 0. The van der Waals surface area contributed by atoms with Crippen molar-refractivity contribution in [3.8, 4) is 0 Å². The number of hydrogen-bond acceptors (Lipinski definition) is 3. The number of aromatic nitrogens is 3. The molecular weight excluding hydrogens is 174 g/mol. The van der Waals surface area contributed by atoms with E-state index in [0.29, 0.717) is 0 Å². The normalized spacial score (nSPS) is 10.6. The number of hydrogen-bond donors (Lipinski definition) is 0. The van der Waals surface area contributed by atoms with E-state index in [-0.39, 0.29) is 0 Å². The standard InChI is InChI=1S/C11H9N3/c1-2-10(8-12-6-1)3-4-11-5-7-13-14-9-11/h1-9H/b4-3+. The van der Waals surface area contributed by atoms with Crippen molar-refractivity contribution < 1.29 is 0 Å². The third-order valence-electron chi connectivity index (χ3n) is 1.76. The summed E-state index contributed by atoms with van der Waals surface area (Å²) < 4.78 is 0. The van der Waals surface area contributed by atoms with Crippen LogP contribution in [-0.4, -0.2) is 15.2 Å². The molecule has 0 fully saturated rings. The molecule has 2 rings (SSSR count). The summed E-state index contributed by atoms with van der Waals surface area (Å²) in [4.78, 5) is 4.02. The maximum absolute atomic E-state index is 4.02. The van der Waals surface area contributed by atoms with E-state index in [9.17, 15) is 0 Å². The summed E-state index contributed by atoms with van der Waals surface area (Å²) in [7, 11) is 0. The van der Waals surface area contributed by atoms with Crippen molar-refractivity contribution in [1.29, 1.82) is 0 Å². The van der Waals surface area contributed by atoms with Crippen LogP contribution >= 0.6 is 0 Å². The quantitative estimate of drug-likeness (QED) is 0.715. The summed E-state index contributed by atoms with van der Waals surface area (Å²) in [5, 5.41) is 7.48. The molecule has 0 amide bonds. The molecule has 3 heteroatoms. The fourth-order valence-electron chi connectivity index (χ4n) is 1.07. The smallest absolute Gasteiger partial charge is 0.0568 e. The summed E-state index contributed by atoms with van der Waals surface area (Å²) in [5.41, 5.74) is 2.10. The van der Waals surface area contributed by atoms with Crippen molar-refractivity contribution in [2.24, 2.45) is 0 Å². The predicted octanol–water partition coefficient (Wildman–Crippen LogP) is 2.04. The second-order valence-corrected chi connectivity index (χ2v) is 2.80. The fraction of sp³-hybridized carbons (Fsp3) is 0. The maximum atomic E-state index is 4.02. The first kappa shape index (κ1) is 8.56. The van der Waals surface area contributed by atoms with E-state index in [1.165, 1.54) is 0 Å². The summed E-state index contributed by atoms with van der Waals surface area (Å²) in [6.45, 7) is 0. The fourth-order valence-corrected chi connectivity index (χ4v) is 1.07. The first-order chi connectivity index (χ1) is 6.95. The van der Waals surface area contributed by atoms with E-state index >= 15 is 0 Å². The van der Waals surface area contributed by atoms with Gasteiger partial charge in [0.05, 0.1) is 12.4 Å². The highest BCUT2D eigenvalue weighted by Crippen LogP contribution is 2.04. The lowest BCUT2D eigenvalue weighted by Gasteiger charge is -1.91. The Morgan fingerprint density at radius 2 is 1.71 bits per heavy atom. The molecule has 0 spiro atoms.